The predicted molar refractivity (Wildman–Crippen MR) is 105 cm³/mol. The van der Waals surface area contributed by atoms with Gasteiger partial charge in [0.2, 0.25) is 11.8 Å². The number of hydrogen-bond acceptors (Lipinski definition) is 7. The lowest BCUT2D eigenvalue weighted by Crippen LogP contribution is -2.26. The molecule has 0 fully saturated rings. The summed E-state index contributed by atoms with van der Waals surface area (Å²) in [5.74, 6) is 1.91. The molecule has 3 aromatic heterocycles. The van der Waals surface area contributed by atoms with Crippen LogP contribution in [-0.2, 0) is 22.4 Å². The second-order valence-corrected chi connectivity index (χ2v) is 9.24. The van der Waals surface area contributed by atoms with Gasteiger partial charge in [-0.25, -0.2) is 9.97 Å². The highest BCUT2D eigenvalue weighted by atomic mass is 32.2. The van der Waals surface area contributed by atoms with Crippen LogP contribution in [0, 0.1) is 5.21 Å². The molecule has 0 unspecified atom stereocenters. The van der Waals surface area contributed by atoms with E-state index in [-0.39, 0.29) is 17.7 Å². The Hall–Kier alpha value is -2.39. The summed E-state index contributed by atoms with van der Waals surface area (Å²) in [5, 5.41) is 14.5. The molecule has 0 spiro atoms. The average Bonchev–Trinajstić information content (AvgIpc) is 3.21. The molecule has 0 aliphatic carbocycles. The minimum absolute atomic E-state index is 0.0675. The third-order valence-corrected chi connectivity index (χ3v) is 5.65. The molecule has 142 valence electrons. The fourth-order valence-corrected chi connectivity index (χ4v) is 3.94. The van der Waals surface area contributed by atoms with Gasteiger partial charge in [0.1, 0.15) is 5.76 Å². The lowest BCUT2D eigenvalue weighted by Gasteiger charge is -2.12. The molecule has 0 radical (unpaired) electrons. The predicted octanol–water partition coefficient (Wildman–Crippen LogP) is 3.54. The highest BCUT2D eigenvalue weighted by molar-refractivity contribution is 8.00. The van der Waals surface area contributed by atoms with Gasteiger partial charge in [0.05, 0.1) is 28.8 Å². The quantitative estimate of drug-likeness (QED) is 0.384. The van der Waals surface area contributed by atoms with E-state index in [0.717, 1.165) is 9.97 Å². The summed E-state index contributed by atoms with van der Waals surface area (Å²) in [6, 6.07) is 3.35. The molecule has 3 aromatic rings. The molecule has 0 saturated carbocycles. The van der Waals surface area contributed by atoms with Crippen molar-refractivity contribution in [1.82, 2.24) is 9.97 Å². The van der Waals surface area contributed by atoms with E-state index >= 15 is 0 Å². The van der Waals surface area contributed by atoms with Gasteiger partial charge in [0, 0.05) is 17.0 Å². The zero-order valence-corrected chi connectivity index (χ0v) is 16.9. The van der Waals surface area contributed by atoms with Gasteiger partial charge in [0.15, 0.2) is 17.5 Å². The maximum atomic E-state index is 12.1. The van der Waals surface area contributed by atoms with Crippen LogP contribution >= 0.6 is 23.1 Å². The first kappa shape index (κ1) is 19.4. The molecule has 9 heteroatoms. The Kier molecular flexibility index (Phi) is 5.81. The number of nitrogens with one attached hydrogen (secondary N) is 1. The van der Waals surface area contributed by atoms with E-state index in [1.54, 1.807) is 36.3 Å². The van der Waals surface area contributed by atoms with E-state index in [1.807, 2.05) is 0 Å². The van der Waals surface area contributed by atoms with Crippen molar-refractivity contribution in [3.8, 4) is 0 Å². The number of amides is 1. The molecule has 3 heterocycles. The van der Waals surface area contributed by atoms with Crippen LogP contribution in [0.15, 0.2) is 45.5 Å². The average molecular weight is 405 g/mol. The van der Waals surface area contributed by atoms with Crippen molar-refractivity contribution < 1.29 is 13.9 Å². The van der Waals surface area contributed by atoms with Crippen molar-refractivity contribution in [3.63, 3.8) is 0 Å². The molecule has 0 aliphatic rings. The Balaban J connectivity index is 1.52. The molecule has 0 bridgehead atoms. The molecular weight excluding hydrogens is 384 g/mol. The van der Waals surface area contributed by atoms with Gasteiger partial charge in [-0.2, -0.15) is 4.73 Å². The van der Waals surface area contributed by atoms with Crippen molar-refractivity contribution in [2.45, 2.75) is 42.6 Å². The number of pyridine rings is 1. The van der Waals surface area contributed by atoms with E-state index in [0.29, 0.717) is 27.1 Å². The summed E-state index contributed by atoms with van der Waals surface area (Å²) in [7, 11) is 0. The third kappa shape index (κ3) is 5.54. The smallest absolute Gasteiger partial charge is 0.230 e. The van der Waals surface area contributed by atoms with Crippen LogP contribution in [0.3, 0.4) is 0 Å². The number of carbonyl (C=O) groups excluding carboxylic acids is 1. The van der Waals surface area contributed by atoms with E-state index in [9.17, 15) is 10.0 Å². The van der Waals surface area contributed by atoms with Gasteiger partial charge in [-0.05, 0) is 6.07 Å². The number of aromatic nitrogens is 3. The van der Waals surface area contributed by atoms with E-state index in [2.05, 4.69) is 36.1 Å². The normalized spacial score (nSPS) is 11.5. The fourth-order valence-electron chi connectivity index (χ4n) is 2.19. The van der Waals surface area contributed by atoms with Crippen molar-refractivity contribution in [2.24, 2.45) is 0 Å². The van der Waals surface area contributed by atoms with Crippen LogP contribution < -0.4 is 10.0 Å². The first-order valence-electron chi connectivity index (χ1n) is 8.31. The first-order chi connectivity index (χ1) is 12.8. The summed E-state index contributed by atoms with van der Waals surface area (Å²) < 4.78 is 7.40. The van der Waals surface area contributed by atoms with Crippen LogP contribution in [-0.4, -0.2) is 15.9 Å². The summed E-state index contributed by atoms with van der Waals surface area (Å²) in [4.78, 5) is 20.6. The zero-order valence-electron chi connectivity index (χ0n) is 15.3. The summed E-state index contributed by atoms with van der Waals surface area (Å²) in [6.07, 6.45) is 6.36. The number of oxazole rings is 1. The molecule has 27 heavy (non-hydrogen) atoms. The zero-order chi connectivity index (χ0) is 19.4. The third-order valence-electron chi connectivity index (χ3n) is 3.56. The van der Waals surface area contributed by atoms with E-state index in [4.69, 9.17) is 4.42 Å². The Morgan fingerprint density at radius 2 is 2.19 bits per heavy atom. The number of rotatable bonds is 6. The lowest BCUT2D eigenvalue weighted by molar-refractivity contribution is -0.605. The fraction of sp³-hybridized carbons (Fsp3) is 0.333. The molecule has 0 atom stereocenters. The standard InChI is InChI=1S/C18H20N4O3S2/c1-18(2,3)13-8-19-15(25-13)11-26-16-9-20-17(27-16)21-14(23)7-12-5-4-6-22(24)10-12/h4-6,8-10H,7,11H2,1-3H3,(H,20,21,23). The second-order valence-electron chi connectivity index (χ2n) is 6.94. The summed E-state index contributed by atoms with van der Waals surface area (Å²) in [6.45, 7) is 6.23. The van der Waals surface area contributed by atoms with Gasteiger partial charge >= 0.3 is 0 Å². The maximum absolute atomic E-state index is 12.1. The van der Waals surface area contributed by atoms with Crippen LogP contribution in [0.25, 0.3) is 0 Å². The Bertz CT molecular complexity index is 931. The van der Waals surface area contributed by atoms with Gasteiger partial charge < -0.3 is 14.9 Å². The number of anilines is 1. The number of carbonyl (C=O) groups is 1. The van der Waals surface area contributed by atoms with Crippen LogP contribution in [0.5, 0.6) is 0 Å². The first-order valence-corrected chi connectivity index (χ1v) is 10.1. The lowest BCUT2D eigenvalue weighted by atomic mass is 9.94. The molecule has 1 N–H and O–H groups in total. The van der Waals surface area contributed by atoms with Crippen molar-refractivity contribution >= 4 is 34.1 Å². The maximum Gasteiger partial charge on any atom is 0.230 e. The van der Waals surface area contributed by atoms with E-state index < -0.39 is 0 Å². The summed E-state index contributed by atoms with van der Waals surface area (Å²) >= 11 is 2.95. The largest absolute Gasteiger partial charge is 0.619 e. The molecule has 1 amide bonds. The SMILES string of the molecule is CC(C)(C)c1cnc(CSc2cnc(NC(=O)Cc3ccc[n+]([O-])c3)s2)o1. The van der Waals surface area contributed by atoms with Crippen molar-refractivity contribution in [1.29, 1.82) is 0 Å². The topological polar surface area (TPSA) is 95.0 Å². The minimum atomic E-state index is -0.213. The van der Waals surface area contributed by atoms with E-state index in [1.165, 1.54) is 23.7 Å². The molecule has 3 rings (SSSR count). The summed E-state index contributed by atoms with van der Waals surface area (Å²) in [5.41, 5.74) is 0.580. The Labute approximate surface area is 165 Å². The highest BCUT2D eigenvalue weighted by Crippen LogP contribution is 2.31. The van der Waals surface area contributed by atoms with Gasteiger partial charge in [-0.15, -0.1) is 11.8 Å². The number of thiazole rings is 1. The second kappa shape index (κ2) is 8.10. The van der Waals surface area contributed by atoms with Crippen LogP contribution in [0.4, 0.5) is 5.13 Å². The molecule has 0 saturated heterocycles. The number of hydrogen-bond donors (Lipinski definition) is 1. The molecule has 7 nitrogen and oxygen atoms in total. The number of thioether (sulfide) groups is 1. The van der Waals surface area contributed by atoms with Crippen LogP contribution in [0.1, 0.15) is 38.0 Å². The Morgan fingerprint density at radius 1 is 1.37 bits per heavy atom. The van der Waals surface area contributed by atoms with Crippen LogP contribution in [0.2, 0.25) is 0 Å². The monoisotopic (exact) mass is 404 g/mol. The highest BCUT2D eigenvalue weighted by Gasteiger charge is 2.19. The minimum Gasteiger partial charge on any atom is -0.619 e. The Morgan fingerprint density at radius 3 is 2.89 bits per heavy atom. The van der Waals surface area contributed by atoms with Crippen molar-refractivity contribution in [3.05, 3.63) is 59.3 Å². The van der Waals surface area contributed by atoms with Gasteiger partial charge in [-0.1, -0.05) is 32.1 Å². The van der Waals surface area contributed by atoms with Gasteiger partial charge in [-0.3, -0.25) is 4.79 Å². The molecule has 0 aromatic carbocycles. The number of nitrogens with zero attached hydrogens (tertiary/aromatic N) is 3. The molecule has 0 aliphatic heterocycles. The van der Waals surface area contributed by atoms with Crippen molar-refractivity contribution in [2.75, 3.05) is 5.32 Å². The molecular formula is C18H20N4O3S2. The van der Waals surface area contributed by atoms with Gasteiger partial charge in [0.25, 0.3) is 0 Å².